The van der Waals surface area contributed by atoms with Crippen LogP contribution in [0.4, 0.5) is 5.82 Å². The molecule has 0 spiro atoms. The molecule has 3 heterocycles. The van der Waals surface area contributed by atoms with E-state index < -0.39 is 0 Å². The van der Waals surface area contributed by atoms with Crippen molar-refractivity contribution >= 4 is 29.0 Å². The molecule has 122 valence electrons. The number of hydrogen-bond donors (Lipinski definition) is 1. The van der Waals surface area contributed by atoms with Crippen LogP contribution in [0.15, 0.2) is 42.6 Å². The van der Waals surface area contributed by atoms with Crippen LogP contribution in [0.1, 0.15) is 18.4 Å². The molecule has 4 rings (SSSR count). The van der Waals surface area contributed by atoms with Crippen molar-refractivity contribution in [1.29, 1.82) is 0 Å². The summed E-state index contributed by atoms with van der Waals surface area (Å²) < 4.78 is 1.86. The average Bonchev–Trinajstić information content (AvgIpc) is 2.79. The van der Waals surface area contributed by atoms with Gasteiger partial charge in [-0.2, -0.15) is 5.10 Å². The normalized spacial score (nSPS) is 13.9. The van der Waals surface area contributed by atoms with E-state index in [9.17, 15) is 0 Å². The minimum absolute atomic E-state index is 0.503. The molecule has 1 aliphatic heterocycles. The topological polar surface area (TPSA) is 42.7 Å². The van der Waals surface area contributed by atoms with Gasteiger partial charge in [0.2, 0.25) is 0 Å². The Hall–Kier alpha value is -2.04. The summed E-state index contributed by atoms with van der Waals surface area (Å²) in [6.45, 7) is 0.915. The molecule has 0 aliphatic carbocycles. The number of hydrogen-bond acceptors (Lipinski definition) is 3. The summed E-state index contributed by atoms with van der Waals surface area (Å²) in [6.07, 6.45) is 5.00. The summed E-state index contributed by atoms with van der Waals surface area (Å²) in [7, 11) is 0. The van der Waals surface area contributed by atoms with Gasteiger partial charge in [0, 0.05) is 18.3 Å². The molecule has 6 heteroatoms. The standard InChI is InChI=1S/C18H16Cl2N4/c19-13-7-5-9-15(16(13)20)24-18-12(6-1-3-11-22-18)17(23-24)14-8-2-4-10-21-14/h2,4-5,7-10,22H,1,3,6,11H2. The Balaban J connectivity index is 1.95. The van der Waals surface area contributed by atoms with Crippen molar-refractivity contribution in [3.63, 3.8) is 0 Å². The minimum atomic E-state index is 0.503. The molecule has 4 nitrogen and oxygen atoms in total. The smallest absolute Gasteiger partial charge is 0.133 e. The second-order valence-electron chi connectivity index (χ2n) is 5.76. The molecule has 1 aliphatic rings. The van der Waals surface area contributed by atoms with E-state index >= 15 is 0 Å². The summed E-state index contributed by atoms with van der Waals surface area (Å²) in [5, 5.41) is 9.35. The zero-order valence-electron chi connectivity index (χ0n) is 13.0. The number of nitrogens with one attached hydrogen (secondary N) is 1. The first-order chi connectivity index (χ1) is 11.8. The Labute approximate surface area is 150 Å². The van der Waals surface area contributed by atoms with Gasteiger partial charge in [-0.05, 0) is 43.5 Å². The predicted octanol–water partition coefficient (Wildman–Crippen LogP) is 4.99. The molecule has 0 saturated heterocycles. The third-order valence-electron chi connectivity index (χ3n) is 4.20. The van der Waals surface area contributed by atoms with E-state index in [0.717, 1.165) is 48.7 Å². The van der Waals surface area contributed by atoms with Gasteiger partial charge in [0.25, 0.3) is 0 Å². The van der Waals surface area contributed by atoms with Crippen molar-refractivity contribution in [2.75, 3.05) is 11.9 Å². The van der Waals surface area contributed by atoms with Crippen LogP contribution in [0.5, 0.6) is 0 Å². The van der Waals surface area contributed by atoms with Gasteiger partial charge in [0.05, 0.1) is 21.4 Å². The van der Waals surface area contributed by atoms with E-state index in [1.165, 1.54) is 5.56 Å². The van der Waals surface area contributed by atoms with Crippen LogP contribution >= 0.6 is 23.2 Å². The Morgan fingerprint density at radius 1 is 1.04 bits per heavy atom. The Morgan fingerprint density at radius 2 is 1.96 bits per heavy atom. The number of nitrogens with zero attached hydrogens (tertiary/aromatic N) is 3. The molecular weight excluding hydrogens is 343 g/mol. The number of halogens is 2. The van der Waals surface area contributed by atoms with Crippen LogP contribution in [0.3, 0.4) is 0 Å². The molecule has 0 fully saturated rings. The maximum Gasteiger partial charge on any atom is 0.133 e. The zero-order chi connectivity index (χ0) is 16.5. The third kappa shape index (κ3) is 2.66. The first-order valence-electron chi connectivity index (χ1n) is 7.97. The first kappa shape index (κ1) is 15.5. The Kier molecular flexibility index (Phi) is 4.17. The lowest BCUT2D eigenvalue weighted by atomic mass is 10.1. The maximum absolute atomic E-state index is 6.43. The predicted molar refractivity (Wildman–Crippen MR) is 98.2 cm³/mol. The zero-order valence-corrected chi connectivity index (χ0v) is 14.5. The summed E-state index contributed by atoms with van der Waals surface area (Å²) in [6, 6.07) is 11.5. The van der Waals surface area contributed by atoms with Gasteiger partial charge in [0.1, 0.15) is 11.5 Å². The molecule has 0 unspecified atom stereocenters. The van der Waals surface area contributed by atoms with Gasteiger partial charge < -0.3 is 5.32 Å². The van der Waals surface area contributed by atoms with Crippen molar-refractivity contribution in [3.05, 3.63) is 58.2 Å². The molecule has 3 aromatic rings. The van der Waals surface area contributed by atoms with Crippen LogP contribution in [0, 0.1) is 0 Å². The number of pyridine rings is 1. The van der Waals surface area contributed by atoms with Crippen molar-refractivity contribution < 1.29 is 0 Å². The number of benzene rings is 1. The molecule has 0 radical (unpaired) electrons. The van der Waals surface area contributed by atoms with Gasteiger partial charge in [-0.3, -0.25) is 4.98 Å². The fraction of sp³-hybridized carbons (Fsp3) is 0.222. The molecule has 0 bridgehead atoms. The number of aromatic nitrogens is 3. The quantitative estimate of drug-likeness (QED) is 0.701. The number of rotatable bonds is 2. The van der Waals surface area contributed by atoms with E-state index in [-0.39, 0.29) is 0 Å². The second-order valence-corrected chi connectivity index (χ2v) is 6.54. The minimum Gasteiger partial charge on any atom is -0.370 e. The molecule has 2 aromatic heterocycles. The average molecular weight is 359 g/mol. The van der Waals surface area contributed by atoms with Gasteiger partial charge in [-0.1, -0.05) is 35.3 Å². The molecule has 0 amide bonds. The molecule has 24 heavy (non-hydrogen) atoms. The molecule has 0 saturated carbocycles. The number of fused-ring (bicyclic) bond motifs is 1. The second kappa shape index (κ2) is 6.46. The van der Waals surface area contributed by atoms with Crippen LogP contribution in [0.2, 0.25) is 10.0 Å². The first-order valence-corrected chi connectivity index (χ1v) is 8.73. The van der Waals surface area contributed by atoms with Crippen molar-refractivity contribution in [3.8, 4) is 17.1 Å². The van der Waals surface area contributed by atoms with E-state index in [1.54, 1.807) is 12.3 Å². The summed E-state index contributed by atoms with van der Waals surface area (Å²) in [4.78, 5) is 4.47. The summed E-state index contributed by atoms with van der Waals surface area (Å²) in [5.41, 5.74) is 3.73. The lowest BCUT2D eigenvalue weighted by Crippen LogP contribution is -2.07. The van der Waals surface area contributed by atoms with Crippen LogP contribution in [0.25, 0.3) is 17.1 Å². The highest BCUT2D eigenvalue weighted by Crippen LogP contribution is 2.36. The SMILES string of the molecule is Clc1cccc(-n2nc(-c3ccccn3)c3c2NCCCC3)c1Cl. The lowest BCUT2D eigenvalue weighted by Gasteiger charge is -2.11. The van der Waals surface area contributed by atoms with Crippen molar-refractivity contribution in [1.82, 2.24) is 14.8 Å². The lowest BCUT2D eigenvalue weighted by molar-refractivity contribution is 0.779. The maximum atomic E-state index is 6.43. The molecule has 1 aromatic carbocycles. The van der Waals surface area contributed by atoms with Gasteiger partial charge in [-0.25, -0.2) is 4.68 Å². The largest absolute Gasteiger partial charge is 0.370 e. The molecule has 0 atom stereocenters. The Bertz CT molecular complexity index is 874. The van der Waals surface area contributed by atoms with Gasteiger partial charge in [-0.15, -0.1) is 0 Å². The van der Waals surface area contributed by atoms with Crippen LogP contribution < -0.4 is 5.32 Å². The highest BCUT2D eigenvalue weighted by molar-refractivity contribution is 6.43. The van der Waals surface area contributed by atoms with E-state index in [0.29, 0.717) is 10.0 Å². The summed E-state index contributed by atoms with van der Waals surface area (Å²) >= 11 is 12.6. The fourth-order valence-electron chi connectivity index (χ4n) is 3.04. The molecule has 1 N–H and O–H groups in total. The fourth-order valence-corrected chi connectivity index (χ4v) is 3.42. The summed E-state index contributed by atoms with van der Waals surface area (Å²) in [5.74, 6) is 0.984. The monoisotopic (exact) mass is 358 g/mol. The van der Waals surface area contributed by atoms with Crippen LogP contribution in [-0.4, -0.2) is 21.3 Å². The van der Waals surface area contributed by atoms with E-state index in [4.69, 9.17) is 28.3 Å². The van der Waals surface area contributed by atoms with E-state index in [2.05, 4.69) is 10.3 Å². The molecular formula is C18H16Cl2N4. The highest BCUT2D eigenvalue weighted by Gasteiger charge is 2.23. The third-order valence-corrected chi connectivity index (χ3v) is 5.01. The Morgan fingerprint density at radius 3 is 2.79 bits per heavy atom. The van der Waals surface area contributed by atoms with Gasteiger partial charge >= 0.3 is 0 Å². The van der Waals surface area contributed by atoms with E-state index in [1.807, 2.05) is 35.0 Å². The number of anilines is 1. The van der Waals surface area contributed by atoms with Crippen LogP contribution in [-0.2, 0) is 6.42 Å². The van der Waals surface area contributed by atoms with Gasteiger partial charge in [0.15, 0.2) is 0 Å². The van der Waals surface area contributed by atoms with Crippen molar-refractivity contribution in [2.24, 2.45) is 0 Å². The van der Waals surface area contributed by atoms with Crippen molar-refractivity contribution in [2.45, 2.75) is 19.3 Å². The highest BCUT2D eigenvalue weighted by atomic mass is 35.5.